The molecule has 0 fully saturated rings. The molecule has 11 N–H and O–H groups in total. The monoisotopic (exact) mass is 411 g/mol. The lowest BCUT2D eigenvalue weighted by Gasteiger charge is -2.23. The van der Waals surface area contributed by atoms with Crippen LogP contribution in [0, 0.1) is 0 Å². The zero-order valence-corrected chi connectivity index (χ0v) is 14.1. The molecule has 0 spiro atoms. The molecule has 0 saturated heterocycles. The van der Waals surface area contributed by atoms with Gasteiger partial charge >= 0.3 is 30.4 Å². The van der Waals surface area contributed by atoms with Gasteiger partial charge in [0.2, 0.25) is 0 Å². The van der Waals surface area contributed by atoms with Crippen molar-refractivity contribution in [2.24, 2.45) is 0 Å². The van der Waals surface area contributed by atoms with Gasteiger partial charge in [0, 0.05) is 13.1 Å². The molecule has 22 heavy (non-hydrogen) atoms. The molecular formula is C4H17NO13P4. The van der Waals surface area contributed by atoms with E-state index in [1.54, 1.807) is 0 Å². The first-order chi connectivity index (χ1) is 8.97. The van der Waals surface area contributed by atoms with Crippen LogP contribution in [0.1, 0.15) is 0 Å². The Bertz CT molecular complexity index is 444. The maximum absolute atomic E-state index is 10.9. The minimum absolute atomic E-state index is 0. The molecule has 136 valence electrons. The average molecular weight is 411 g/mol. The molecule has 0 unspecified atom stereocenters. The zero-order valence-electron chi connectivity index (χ0n) is 10.6. The van der Waals surface area contributed by atoms with Gasteiger partial charge in [0.05, 0.1) is 0 Å². The van der Waals surface area contributed by atoms with Crippen LogP contribution in [-0.2, 0) is 18.3 Å². The Labute approximate surface area is 123 Å². The zero-order chi connectivity index (χ0) is 17.3. The lowest BCUT2D eigenvalue weighted by Crippen LogP contribution is -2.33. The van der Waals surface area contributed by atoms with Crippen LogP contribution in [0.2, 0.25) is 0 Å². The summed E-state index contributed by atoms with van der Waals surface area (Å²) in [5, 5.41) is -3.16. The molecule has 0 amide bonds. The minimum atomic E-state index is -5.25. The van der Waals surface area contributed by atoms with Gasteiger partial charge in [-0.2, -0.15) is 0 Å². The van der Waals surface area contributed by atoms with Gasteiger partial charge in [-0.15, -0.1) is 0 Å². The first-order valence-corrected chi connectivity index (χ1v) is 11.6. The van der Waals surface area contributed by atoms with E-state index in [0.29, 0.717) is 0 Å². The van der Waals surface area contributed by atoms with Crippen molar-refractivity contribution in [2.75, 3.05) is 13.1 Å². The van der Waals surface area contributed by atoms with E-state index in [9.17, 15) is 18.3 Å². The highest BCUT2D eigenvalue weighted by atomic mass is 31.2. The predicted molar refractivity (Wildman–Crippen MR) is 72.2 cm³/mol. The third-order valence-corrected chi connectivity index (χ3v) is 9.65. The Morgan fingerprint density at radius 1 is 0.591 bits per heavy atom. The van der Waals surface area contributed by atoms with Gasteiger partial charge in [0.15, 0.2) is 10.8 Å². The molecule has 0 aliphatic heterocycles. The summed E-state index contributed by atoms with van der Waals surface area (Å²) in [5.41, 5.74) is 0. The Morgan fingerprint density at radius 3 is 0.909 bits per heavy atom. The Morgan fingerprint density at radius 2 is 0.773 bits per heavy atom. The van der Waals surface area contributed by atoms with E-state index in [1.807, 2.05) is 5.32 Å². The second-order valence-corrected chi connectivity index (χ2v) is 12.0. The fourth-order valence-corrected chi connectivity index (χ4v) is 5.81. The van der Waals surface area contributed by atoms with Crippen LogP contribution in [0.3, 0.4) is 0 Å². The summed E-state index contributed by atoms with van der Waals surface area (Å²) in [6, 6.07) is 0. The summed E-state index contributed by atoms with van der Waals surface area (Å²) in [7, 11) is -21.0. The molecule has 0 radical (unpaired) electrons. The first-order valence-electron chi connectivity index (χ1n) is 4.89. The molecular weight excluding hydrogens is 394 g/mol. The maximum atomic E-state index is 10.9. The fourth-order valence-electron chi connectivity index (χ4n) is 1.21. The molecule has 18 heteroatoms. The smallest absolute Gasteiger partial charge is 0.342 e. The lowest BCUT2D eigenvalue weighted by atomic mass is 10.6. The van der Waals surface area contributed by atoms with Crippen molar-refractivity contribution < 1.29 is 62.9 Å². The van der Waals surface area contributed by atoms with Gasteiger partial charge in [-0.3, -0.25) is 18.3 Å². The van der Waals surface area contributed by atoms with Crippen molar-refractivity contribution in [3.63, 3.8) is 0 Å². The number of nitrogens with one attached hydrogen (secondary N) is 1. The van der Waals surface area contributed by atoms with Crippen molar-refractivity contribution in [3.8, 4) is 0 Å². The summed E-state index contributed by atoms with van der Waals surface area (Å²) < 4.78 is 43.6. The largest absolute Gasteiger partial charge is 0.412 e. The molecule has 0 aromatic heterocycles. The Hall–Kier alpha value is 0.520. The molecule has 0 bridgehead atoms. The molecule has 0 atom stereocenters. The van der Waals surface area contributed by atoms with E-state index in [-0.39, 0.29) is 5.48 Å². The molecule has 14 nitrogen and oxygen atoms in total. The van der Waals surface area contributed by atoms with Crippen molar-refractivity contribution in [1.82, 2.24) is 5.32 Å². The number of rotatable bonds is 8. The summed E-state index contributed by atoms with van der Waals surface area (Å²) in [4.78, 5) is 70.2. The standard InChI is InChI=1S/C4H15NO12P4.H2O/c6-18(7,8)3(19(9,10)11)1-5-2-4(20(12,13)14)21(15,16)17;/h3-5H,1-2H2,(H2,6,7,8)(H2,9,10,11)(H2,12,13,14)(H2,15,16,17);1H2. The normalized spacial score (nSPS) is 14.3. The lowest BCUT2D eigenvalue weighted by molar-refractivity contribution is 0.333. The van der Waals surface area contributed by atoms with E-state index in [0.717, 1.165) is 0 Å². The van der Waals surface area contributed by atoms with E-state index >= 15 is 0 Å². The van der Waals surface area contributed by atoms with E-state index in [2.05, 4.69) is 0 Å². The predicted octanol–water partition coefficient (Wildman–Crippen LogP) is -2.89. The SMILES string of the molecule is O.O=P(O)(O)C(CNCC(P(=O)(O)O)P(=O)(O)O)P(=O)(O)O. The minimum Gasteiger partial charge on any atom is -0.412 e. The van der Waals surface area contributed by atoms with Gasteiger partial charge < -0.3 is 49.9 Å². The van der Waals surface area contributed by atoms with Crippen LogP contribution in [-0.4, -0.2) is 68.5 Å². The molecule has 0 aromatic carbocycles. The van der Waals surface area contributed by atoms with E-state index < -0.39 is 54.3 Å². The van der Waals surface area contributed by atoms with E-state index in [4.69, 9.17) is 39.1 Å². The van der Waals surface area contributed by atoms with Gasteiger partial charge in [0.25, 0.3) is 0 Å². The first kappa shape index (κ1) is 24.8. The molecule has 0 aliphatic rings. The second-order valence-electron chi connectivity index (χ2n) is 3.98. The van der Waals surface area contributed by atoms with Crippen molar-refractivity contribution in [3.05, 3.63) is 0 Å². The topological polar surface area (TPSA) is 274 Å². The highest BCUT2D eigenvalue weighted by Gasteiger charge is 2.45. The van der Waals surface area contributed by atoms with Crippen molar-refractivity contribution >= 4 is 30.4 Å². The molecule has 0 saturated carbocycles. The average Bonchev–Trinajstić information content (AvgIpc) is 2.07. The summed E-state index contributed by atoms with van der Waals surface area (Å²) in [6.45, 7) is -2.21. The molecule has 0 rings (SSSR count). The van der Waals surface area contributed by atoms with Crippen molar-refractivity contribution in [2.45, 2.75) is 10.8 Å². The molecule has 0 aromatic rings. The van der Waals surface area contributed by atoms with Gasteiger partial charge in [-0.25, -0.2) is 0 Å². The van der Waals surface area contributed by atoms with Gasteiger partial charge in [0.1, 0.15) is 0 Å². The summed E-state index contributed by atoms with van der Waals surface area (Å²) in [5.74, 6) is 0. The quantitative estimate of drug-likeness (QED) is 0.182. The summed E-state index contributed by atoms with van der Waals surface area (Å²) >= 11 is 0. The van der Waals surface area contributed by atoms with Crippen LogP contribution in [0.4, 0.5) is 0 Å². The van der Waals surface area contributed by atoms with Crippen LogP contribution >= 0.6 is 30.4 Å². The fraction of sp³-hybridized carbons (Fsp3) is 1.00. The summed E-state index contributed by atoms with van der Waals surface area (Å²) in [6.07, 6.45) is 0. The highest BCUT2D eigenvalue weighted by Crippen LogP contribution is 2.61. The maximum Gasteiger partial charge on any atom is 0.342 e. The number of hydrogen-bond donors (Lipinski definition) is 9. The van der Waals surface area contributed by atoms with Gasteiger partial charge in [-0.05, 0) is 0 Å². The number of hydrogen-bond acceptors (Lipinski definition) is 5. The third-order valence-electron chi connectivity index (χ3n) is 2.21. The highest BCUT2D eigenvalue weighted by molar-refractivity contribution is 7.71. The van der Waals surface area contributed by atoms with E-state index in [1.165, 1.54) is 0 Å². The Kier molecular flexibility index (Phi) is 9.08. The molecule has 0 aliphatic carbocycles. The second kappa shape index (κ2) is 8.06. The van der Waals surface area contributed by atoms with Crippen LogP contribution in [0.15, 0.2) is 0 Å². The molecule has 0 heterocycles. The van der Waals surface area contributed by atoms with Crippen LogP contribution < -0.4 is 5.32 Å². The van der Waals surface area contributed by atoms with Gasteiger partial charge in [-0.1, -0.05) is 0 Å². The van der Waals surface area contributed by atoms with Crippen LogP contribution in [0.25, 0.3) is 0 Å². The van der Waals surface area contributed by atoms with Crippen LogP contribution in [0.5, 0.6) is 0 Å². The third kappa shape index (κ3) is 8.39. The Balaban J connectivity index is 0. The van der Waals surface area contributed by atoms with Crippen molar-refractivity contribution in [1.29, 1.82) is 0 Å².